The average molecular weight is 332 g/mol. The van der Waals surface area contributed by atoms with Crippen LogP contribution in [-0.2, 0) is 6.42 Å². The largest absolute Gasteiger partial charge is 0.435 e. The van der Waals surface area contributed by atoms with Crippen LogP contribution < -0.4 is 4.74 Å². The van der Waals surface area contributed by atoms with Gasteiger partial charge in [-0.25, -0.2) is 0 Å². The highest BCUT2D eigenvalue weighted by molar-refractivity contribution is 6.49. The second kappa shape index (κ2) is 7.81. The minimum atomic E-state index is -2.93. The van der Waals surface area contributed by atoms with Gasteiger partial charge in [0.25, 0.3) is 0 Å². The molecular formula is C19H18F2O3. The molecule has 3 nitrogen and oxygen atoms in total. The number of ether oxygens (including phenoxy) is 1. The summed E-state index contributed by atoms with van der Waals surface area (Å²) in [6.45, 7) is 0.979. The number of Topliss-reactive ketones (excluding diaryl/α,β-unsaturated/α-hetero) is 2. The molecule has 5 heteroatoms. The van der Waals surface area contributed by atoms with Crippen molar-refractivity contribution in [2.75, 3.05) is 0 Å². The van der Waals surface area contributed by atoms with E-state index in [-0.39, 0.29) is 11.3 Å². The van der Waals surface area contributed by atoms with Gasteiger partial charge in [0.15, 0.2) is 0 Å². The number of rotatable bonds is 7. The maximum absolute atomic E-state index is 12.4. The Hall–Kier alpha value is -2.56. The predicted molar refractivity (Wildman–Crippen MR) is 86.9 cm³/mol. The number of hydrogen-bond acceptors (Lipinski definition) is 3. The van der Waals surface area contributed by atoms with Gasteiger partial charge in [-0.1, -0.05) is 25.0 Å². The molecule has 0 amide bonds. The summed E-state index contributed by atoms with van der Waals surface area (Å²) < 4.78 is 28.5. The fraction of sp³-hybridized carbons (Fsp3) is 0.263. The molecule has 0 aliphatic rings. The monoisotopic (exact) mass is 332 g/mol. The smallest absolute Gasteiger partial charge is 0.387 e. The zero-order valence-corrected chi connectivity index (χ0v) is 13.5. The second-order valence-electron chi connectivity index (χ2n) is 5.52. The molecule has 0 saturated carbocycles. The standard InChI is InChI=1S/C19H18F2O3/c1-3-4-13-9-12(2)10-15(11-13)18(23)17(22)14-5-7-16(8-6-14)24-19(20)21/h5-11,19H,3-4H2,1-2H3. The Morgan fingerprint density at radius 2 is 1.62 bits per heavy atom. The number of carbonyl (C=O) groups is 2. The average Bonchev–Trinajstić information content (AvgIpc) is 2.53. The fourth-order valence-electron chi connectivity index (χ4n) is 2.48. The summed E-state index contributed by atoms with van der Waals surface area (Å²) in [5.41, 5.74) is 2.41. The van der Waals surface area contributed by atoms with Gasteiger partial charge >= 0.3 is 6.61 Å². The molecule has 0 unspecified atom stereocenters. The first-order valence-electron chi connectivity index (χ1n) is 7.65. The molecule has 126 valence electrons. The first-order valence-corrected chi connectivity index (χ1v) is 7.65. The number of hydrogen-bond donors (Lipinski definition) is 0. The van der Waals surface area contributed by atoms with Crippen LogP contribution in [-0.4, -0.2) is 18.2 Å². The van der Waals surface area contributed by atoms with E-state index in [4.69, 9.17) is 0 Å². The number of aryl methyl sites for hydroxylation is 2. The van der Waals surface area contributed by atoms with Crippen LogP contribution in [0.15, 0.2) is 42.5 Å². The summed E-state index contributed by atoms with van der Waals surface area (Å²) >= 11 is 0. The zero-order valence-electron chi connectivity index (χ0n) is 13.5. The van der Waals surface area contributed by atoms with Gasteiger partial charge in [-0.05, 0) is 55.3 Å². The normalized spacial score (nSPS) is 10.7. The Bertz CT molecular complexity index is 737. The second-order valence-corrected chi connectivity index (χ2v) is 5.52. The number of ketones is 2. The molecule has 0 aliphatic heterocycles. The van der Waals surface area contributed by atoms with Crippen molar-refractivity contribution in [3.8, 4) is 5.75 Å². The van der Waals surface area contributed by atoms with E-state index in [1.54, 1.807) is 12.1 Å². The van der Waals surface area contributed by atoms with Crippen molar-refractivity contribution in [3.63, 3.8) is 0 Å². The van der Waals surface area contributed by atoms with Gasteiger partial charge in [0, 0.05) is 11.1 Å². The molecule has 0 radical (unpaired) electrons. The summed E-state index contributed by atoms with van der Waals surface area (Å²) in [4.78, 5) is 24.7. The molecule has 2 aromatic rings. The van der Waals surface area contributed by atoms with Gasteiger partial charge in [-0.15, -0.1) is 0 Å². The van der Waals surface area contributed by atoms with E-state index >= 15 is 0 Å². The van der Waals surface area contributed by atoms with Crippen molar-refractivity contribution in [3.05, 3.63) is 64.7 Å². The molecule has 0 aromatic heterocycles. The van der Waals surface area contributed by atoms with Gasteiger partial charge in [-0.3, -0.25) is 9.59 Å². The third kappa shape index (κ3) is 4.47. The molecular weight excluding hydrogens is 314 g/mol. The summed E-state index contributed by atoms with van der Waals surface area (Å²) in [5, 5.41) is 0. The molecule has 0 saturated heterocycles. The Balaban J connectivity index is 2.21. The van der Waals surface area contributed by atoms with Crippen molar-refractivity contribution < 1.29 is 23.1 Å². The molecule has 0 aliphatic carbocycles. The molecule has 0 fully saturated rings. The van der Waals surface area contributed by atoms with E-state index < -0.39 is 18.2 Å². The third-order valence-electron chi connectivity index (χ3n) is 3.49. The predicted octanol–water partition coefficient (Wildman–Crippen LogP) is 4.61. The number of carbonyl (C=O) groups excluding carboxylic acids is 2. The lowest BCUT2D eigenvalue weighted by Crippen LogP contribution is -2.15. The van der Waals surface area contributed by atoms with Crippen LogP contribution >= 0.6 is 0 Å². The van der Waals surface area contributed by atoms with Crippen LogP contribution in [0.2, 0.25) is 0 Å². The van der Waals surface area contributed by atoms with Crippen LogP contribution in [0.5, 0.6) is 5.75 Å². The van der Waals surface area contributed by atoms with Gasteiger partial charge in [0.2, 0.25) is 11.6 Å². The van der Waals surface area contributed by atoms with Crippen molar-refractivity contribution in [1.82, 2.24) is 0 Å². The van der Waals surface area contributed by atoms with Crippen molar-refractivity contribution >= 4 is 11.6 Å². The van der Waals surface area contributed by atoms with E-state index in [1.807, 2.05) is 19.9 Å². The Kier molecular flexibility index (Phi) is 5.79. The topological polar surface area (TPSA) is 43.4 Å². The summed E-state index contributed by atoms with van der Waals surface area (Å²) in [6.07, 6.45) is 1.77. The zero-order chi connectivity index (χ0) is 17.7. The van der Waals surface area contributed by atoms with Gasteiger partial charge in [0.05, 0.1) is 0 Å². The van der Waals surface area contributed by atoms with Crippen LogP contribution in [0, 0.1) is 6.92 Å². The summed E-state index contributed by atoms with van der Waals surface area (Å²) in [5.74, 6) is -1.35. The molecule has 2 rings (SSSR count). The fourth-order valence-corrected chi connectivity index (χ4v) is 2.48. The number of alkyl halides is 2. The highest BCUT2D eigenvalue weighted by atomic mass is 19.3. The SMILES string of the molecule is CCCc1cc(C)cc(C(=O)C(=O)c2ccc(OC(F)F)cc2)c1. The molecule has 0 N–H and O–H groups in total. The minimum absolute atomic E-state index is 0.0604. The van der Waals surface area contributed by atoms with Crippen LogP contribution in [0.3, 0.4) is 0 Å². The quantitative estimate of drug-likeness (QED) is 0.549. The maximum atomic E-state index is 12.4. The lowest BCUT2D eigenvalue weighted by molar-refractivity contribution is -0.0498. The Morgan fingerprint density at radius 3 is 2.21 bits per heavy atom. The molecule has 0 bridgehead atoms. The van der Waals surface area contributed by atoms with E-state index in [1.165, 1.54) is 24.3 Å². The lowest BCUT2D eigenvalue weighted by Gasteiger charge is -2.07. The molecule has 0 spiro atoms. The van der Waals surface area contributed by atoms with Crippen molar-refractivity contribution in [1.29, 1.82) is 0 Å². The maximum Gasteiger partial charge on any atom is 0.387 e. The van der Waals surface area contributed by atoms with Crippen molar-refractivity contribution in [2.45, 2.75) is 33.3 Å². The lowest BCUT2D eigenvalue weighted by atomic mass is 9.97. The highest BCUT2D eigenvalue weighted by Gasteiger charge is 2.19. The first-order chi connectivity index (χ1) is 11.4. The van der Waals surface area contributed by atoms with Gasteiger partial charge in [-0.2, -0.15) is 8.78 Å². The highest BCUT2D eigenvalue weighted by Crippen LogP contribution is 2.18. The van der Waals surface area contributed by atoms with E-state index in [0.29, 0.717) is 5.56 Å². The van der Waals surface area contributed by atoms with E-state index in [9.17, 15) is 18.4 Å². The Morgan fingerprint density at radius 1 is 1.00 bits per heavy atom. The van der Waals surface area contributed by atoms with Gasteiger partial charge < -0.3 is 4.74 Å². The summed E-state index contributed by atoms with van der Waals surface area (Å²) in [6, 6.07) is 10.5. The minimum Gasteiger partial charge on any atom is -0.435 e. The molecule has 0 heterocycles. The third-order valence-corrected chi connectivity index (χ3v) is 3.49. The van der Waals surface area contributed by atoms with Crippen molar-refractivity contribution in [2.24, 2.45) is 0 Å². The van der Waals surface area contributed by atoms with E-state index in [2.05, 4.69) is 4.74 Å². The molecule has 24 heavy (non-hydrogen) atoms. The Labute approximate surface area is 139 Å². The van der Waals surface area contributed by atoms with Crippen LogP contribution in [0.25, 0.3) is 0 Å². The summed E-state index contributed by atoms with van der Waals surface area (Å²) in [7, 11) is 0. The molecule has 2 aromatic carbocycles. The van der Waals surface area contributed by atoms with E-state index in [0.717, 1.165) is 24.0 Å². The number of benzene rings is 2. The van der Waals surface area contributed by atoms with Crippen LogP contribution in [0.4, 0.5) is 8.78 Å². The van der Waals surface area contributed by atoms with Crippen LogP contribution in [0.1, 0.15) is 45.2 Å². The van der Waals surface area contributed by atoms with Gasteiger partial charge in [0.1, 0.15) is 5.75 Å². The number of halogens is 2. The molecule has 0 atom stereocenters. The first kappa shape index (κ1) is 17.8.